The average Bonchev–Trinajstić information content (AvgIpc) is 2.53. The lowest BCUT2D eigenvalue weighted by Crippen LogP contribution is -2.19. The van der Waals surface area contributed by atoms with E-state index in [2.05, 4.69) is 15.3 Å². The van der Waals surface area contributed by atoms with Crippen LogP contribution < -0.4 is 5.32 Å². The maximum atomic E-state index is 13.5. The Kier molecular flexibility index (Phi) is 3.69. The molecule has 1 N–H and O–H groups in total. The quantitative estimate of drug-likeness (QED) is 0.780. The molecule has 3 aromatic rings. The fourth-order valence-electron chi connectivity index (χ4n) is 2.25. The standard InChI is InChI=1S/C16H10F3N3O/c17-16(18,19)14-11-3-1-2-4-13(11)21-9-12(14)15(23)22-10-5-7-20-8-6-10/h1-9H,(H,20,22,23). The van der Waals surface area contributed by atoms with E-state index < -0.39 is 23.2 Å². The molecule has 23 heavy (non-hydrogen) atoms. The number of rotatable bonds is 2. The summed E-state index contributed by atoms with van der Waals surface area (Å²) in [5.74, 6) is -0.873. The number of para-hydroxylation sites is 1. The lowest BCUT2D eigenvalue weighted by atomic mass is 10.0. The summed E-state index contributed by atoms with van der Waals surface area (Å²) in [6.07, 6.45) is -0.868. The largest absolute Gasteiger partial charge is 0.417 e. The highest BCUT2D eigenvalue weighted by molar-refractivity contribution is 6.07. The molecule has 0 radical (unpaired) electrons. The van der Waals surface area contributed by atoms with Gasteiger partial charge in [0.25, 0.3) is 5.91 Å². The van der Waals surface area contributed by atoms with Gasteiger partial charge in [0.05, 0.1) is 16.6 Å². The second-order valence-corrected chi connectivity index (χ2v) is 4.75. The molecule has 7 heteroatoms. The number of halogens is 3. The molecule has 116 valence electrons. The number of hydrogen-bond acceptors (Lipinski definition) is 3. The summed E-state index contributed by atoms with van der Waals surface area (Å²) in [5.41, 5.74) is -0.978. The third-order valence-electron chi connectivity index (χ3n) is 3.24. The molecular weight excluding hydrogens is 307 g/mol. The van der Waals surface area contributed by atoms with Crippen LogP contribution in [0.3, 0.4) is 0 Å². The van der Waals surface area contributed by atoms with E-state index in [0.29, 0.717) is 5.69 Å². The first-order valence-electron chi connectivity index (χ1n) is 6.63. The smallest absolute Gasteiger partial charge is 0.322 e. The summed E-state index contributed by atoms with van der Waals surface area (Å²) in [5, 5.41) is 2.31. The Balaban J connectivity index is 2.12. The van der Waals surface area contributed by atoms with Gasteiger partial charge in [0.2, 0.25) is 0 Å². The van der Waals surface area contributed by atoms with Crippen molar-refractivity contribution in [2.75, 3.05) is 5.32 Å². The van der Waals surface area contributed by atoms with Crippen molar-refractivity contribution < 1.29 is 18.0 Å². The Hall–Kier alpha value is -2.96. The molecule has 0 aliphatic carbocycles. The molecule has 0 fully saturated rings. The molecule has 0 atom stereocenters. The summed E-state index contributed by atoms with van der Waals surface area (Å²) in [7, 11) is 0. The van der Waals surface area contributed by atoms with Crippen LogP contribution in [0.25, 0.3) is 10.9 Å². The number of benzene rings is 1. The predicted octanol–water partition coefficient (Wildman–Crippen LogP) is 3.90. The molecule has 3 rings (SSSR count). The number of nitrogens with zero attached hydrogens (tertiary/aromatic N) is 2. The van der Waals surface area contributed by atoms with Crippen LogP contribution in [0, 0.1) is 0 Å². The number of carbonyl (C=O) groups is 1. The van der Waals surface area contributed by atoms with Gasteiger partial charge in [-0.05, 0) is 18.2 Å². The normalized spacial score (nSPS) is 11.4. The van der Waals surface area contributed by atoms with Gasteiger partial charge in [-0.15, -0.1) is 0 Å². The first-order chi connectivity index (χ1) is 11.0. The maximum absolute atomic E-state index is 13.5. The van der Waals surface area contributed by atoms with E-state index >= 15 is 0 Å². The van der Waals surface area contributed by atoms with E-state index in [1.165, 1.54) is 42.7 Å². The fraction of sp³-hybridized carbons (Fsp3) is 0.0625. The van der Waals surface area contributed by atoms with Gasteiger partial charge in [-0.25, -0.2) is 0 Å². The molecule has 0 spiro atoms. The molecule has 0 saturated carbocycles. The van der Waals surface area contributed by atoms with E-state index in [1.54, 1.807) is 6.07 Å². The number of nitrogens with one attached hydrogen (secondary N) is 1. The zero-order chi connectivity index (χ0) is 16.4. The van der Waals surface area contributed by atoms with E-state index in [9.17, 15) is 18.0 Å². The van der Waals surface area contributed by atoms with Gasteiger partial charge in [0.1, 0.15) is 0 Å². The topological polar surface area (TPSA) is 54.9 Å². The first-order valence-corrected chi connectivity index (χ1v) is 6.63. The van der Waals surface area contributed by atoms with E-state index in [4.69, 9.17) is 0 Å². The predicted molar refractivity (Wildman–Crippen MR) is 78.9 cm³/mol. The second kappa shape index (κ2) is 5.68. The number of alkyl halides is 3. The maximum Gasteiger partial charge on any atom is 0.417 e. The van der Waals surface area contributed by atoms with Crippen molar-refractivity contribution in [2.24, 2.45) is 0 Å². The van der Waals surface area contributed by atoms with Crippen LogP contribution in [-0.4, -0.2) is 15.9 Å². The third kappa shape index (κ3) is 2.98. The highest BCUT2D eigenvalue weighted by atomic mass is 19.4. The number of amides is 1. The fourth-order valence-corrected chi connectivity index (χ4v) is 2.25. The van der Waals surface area contributed by atoms with Gasteiger partial charge in [-0.3, -0.25) is 14.8 Å². The molecule has 0 aliphatic rings. The van der Waals surface area contributed by atoms with Crippen molar-refractivity contribution in [3.05, 3.63) is 66.1 Å². The van der Waals surface area contributed by atoms with Crippen molar-refractivity contribution in [3.8, 4) is 0 Å². The van der Waals surface area contributed by atoms with Gasteiger partial charge in [-0.2, -0.15) is 13.2 Å². The number of pyridine rings is 2. The summed E-state index contributed by atoms with van der Waals surface area (Å²) in [6.45, 7) is 0. The van der Waals surface area contributed by atoms with Crippen LogP contribution in [0.2, 0.25) is 0 Å². The number of aromatic nitrogens is 2. The Morgan fingerprint density at radius 3 is 2.43 bits per heavy atom. The van der Waals surface area contributed by atoms with E-state index in [-0.39, 0.29) is 10.9 Å². The average molecular weight is 317 g/mol. The monoisotopic (exact) mass is 317 g/mol. The minimum Gasteiger partial charge on any atom is -0.322 e. The zero-order valence-electron chi connectivity index (χ0n) is 11.6. The number of fused-ring (bicyclic) bond motifs is 1. The van der Waals surface area contributed by atoms with Crippen LogP contribution >= 0.6 is 0 Å². The van der Waals surface area contributed by atoms with Gasteiger partial charge in [0.15, 0.2) is 0 Å². The summed E-state index contributed by atoms with van der Waals surface area (Å²) in [6, 6.07) is 8.80. The SMILES string of the molecule is O=C(Nc1ccncc1)c1cnc2ccccc2c1C(F)(F)F. The van der Waals surface area contributed by atoms with E-state index in [0.717, 1.165) is 6.20 Å². The van der Waals surface area contributed by atoms with Crippen LogP contribution in [0.15, 0.2) is 55.0 Å². The molecule has 0 saturated heterocycles. The Morgan fingerprint density at radius 2 is 1.74 bits per heavy atom. The van der Waals surface area contributed by atoms with Gasteiger partial charge >= 0.3 is 6.18 Å². The molecule has 2 heterocycles. The summed E-state index contributed by atoms with van der Waals surface area (Å²) in [4.78, 5) is 20.0. The van der Waals surface area contributed by atoms with Gasteiger partial charge < -0.3 is 5.32 Å². The molecule has 2 aromatic heterocycles. The minimum atomic E-state index is -4.67. The van der Waals surface area contributed by atoms with Crippen molar-refractivity contribution in [2.45, 2.75) is 6.18 Å². The molecule has 1 amide bonds. The second-order valence-electron chi connectivity index (χ2n) is 4.75. The van der Waals surface area contributed by atoms with Gasteiger partial charge in [-0.1, -0.05) is 18.2 Å². The molecule has 0 aliphatic heterocycles. The Labute approximate surface area is 129 Å². The number of anilines is 1. The van der Waals surface area contributed by atoms with Gasteiger partial charge in [0, 0.05) is 29.7 Å². The van der Waals surface area contributed by atoms with Crippen molar-refractivity contribution in [3.63, 3.8) is 0 Å². The first kappa shape index (κ1) is 15.0. The molecule has 1 aromatic carbocycles. The van der Waals surface area contributed by atoms with Crippen LogP contribution in [0.4, 0.5) is 18.9 Å². The highest BCUT2D eigenvalue weighted by Gasteiger charge is 2.37. The summed E-state index contributed by atoms with van der Waals surface area (Å²) < 4.78 is 40.4. The lowest BCUT2D eigenvalue weighted by molar-refractivity contribution is -0.136. The molecule has 0 unspecified atom stereocenters. The summed E-state index contributed by atoms with van der Waals surface area (Å²) >= 11 is 0. The third-order valence-corrected chi connectivity index (χ3v) is 3.24. The zero-order valence-corrected chi connectivity index (χ0v) is 11.6. The molecular formula is C16H10F3N3O. The van der Waals surface area contributed by atoms with Crippen LogP contribution in [0.5, 0.6) is 0 Å². The highest BCUT2D eigenvalue weighted by Crippen LogP contribution is 2.36. The Morgan fingerprint density at radius 1 is 1.04 bits per heavy atom. The van der Waals surface area contributed by atoms with Crippen LogP contribution in [0.1, 0.15) is 15.9 Å². The molecule has 4 nitrogen and oxygen atoms in total. The van der Waals surface area contributed by atoms with Crippen molar-refractivity contribution in [1.82, 2.24) is 9.97 Å². The van der Waals surface area contributed by atoms with Crippen LogP contribution in [-0.2, 0) is 6.18 Å². The lowest BCUT2D eigenvalue weighted by Gasteiger charge is -2.15. The number of carbonyl (C=O) groups excluding carboxylic acids is 1. The minimum absolute atomic E-state index is 0.109. The van der Waals surface area contributed by atoms with Crippen molar-refractivity contribution in [1.29, 1.82) is 0 Å². The van der Waals surface area contributed by atoms with E-state index in [1.807, 2.05) is 0 Å². The molecule has 0 bridgehead atoms. The number of hydrogen-bond donors (Lipinski definition) is 1. The van der Waals surface area contributed by atoms with Crippen molar-refractivity contribution >= 4 is 22.5 Å². The Bertz CT molecular complexity index is 863.